The molecule has 0 spiro atoms. The zero-order valence-electron chi connectivity index (χ0n) is 12.9. The first-order chi connectivity index (χ1) is 9.81. The molecular weight excluding hydrogens is 354 g/mol. The van der Waals surface area contributed by atoms with Gasteiger partial charge in [-0.2, -0.15) is 5.10 Å². The van der Waals surface area contributed by atoms with E-state index in [4.69, 9.17) is 0 Å². The smallest absolute Gasteiger partial charge is 0.244 e. The van der Waals surface area contributed by atoms with Crippen molar-refractivity contribution in [2.75, 3.05) is 11.9 Å². The topological polar surface area (TPSA) is 64.0 Å². The van der Waals surface area contributed by atoms with Crippen LogP contribution in [0.3, 0.4) is 0 Å². The van der Waals surface area contributed by atoms with Crippen molar-refractivity contribution in [3.05, 3.63) is 11.4 Å². The minimum atomic E-state index is -3.50. The molecule has 0 unspecified atom stereocenters. The first kappa shape index (κ1) is 17.0. The maximum absolute atomic E-state index is 12.6. The van der Waals surface area contributed by atoms with Gasteiger partial charge in [-0.3, -0.25) is 4.68 Å². The van der Waals surface area contributed by atoms with E-state index in [0.717, 1.165) is 18.2 Å². The van der Waals surface area contributed by atoms with E-state index in [-0.39, 0.29) is 5.41 Å². The zero-order chi connectivity index (χ0) is 15.7. The first-order valence-electron chi connectivity index (χ1n) is 7.37. The predicted octanol–water partition coefficient (Wildman–Crippen LogP) is 2.66. The van der Waals surface area contributed by atoms with Crippen LogP contribution in [0.1, 0.15) is 43.5 Å². The van der Waals surface area contributed by atoms with Gasteiger partial charge in [0.15, 0.2) is 0 Å². The van der Waals surface area contributed by atoms with Gasteiger partial charge in [0.25, 0.3) is 0 Å². The number of sulfonamides is 1. The van der Waals surface area contributed by atoms with Crippen LogP contribution in [-0.2, 0) is 17.1 Å². The molecule has 0 bridgehead atoms. The Bertz CT molecular complexity index is 604. The summed E-state index contributed by atoms with van der Waals surface area (Å²) in [6.45, 7) is 4.02. The predicted molar refractivity (Wildman–Crippen MR) is 87.2 cm³/mol. The van der Waals surface area contributed by atoms with E-state index in [2.05, 4.69) is 25.8 Å². The number of alkyl halides is 1. The standard InChI is InChI=1S/C14H24BrN3O2S/c1-11-13(12(2)18(3)17-11)21(19,20)16-10-14(9-15)7-5-4-6-8-14/h16H,4-10H2,1-3H3. The lowest BCUT2D eigenvalue weighted by Gasteiger charge is -2.35. The van der Waals surface area contributed by atoms with E-state index < -0.39 is 10.0 Å². The molecule has 0 aliphatic heterocycles. The Morgan fingerprint density at radius 2 is 1.90 bits per heavy atom. The molecule has 1 N–H and O–H groups in total. The first-order valence-corrected chi connectivity index (χ1v) is 9.98. The summed E-state index contributed by atoms with van der Waals surface area (Å²) in [4.78, 5) is 0.325. The van der Waals surface area contributed by atoms with Gasteiger partial charge in [-0.1, -0.05) is 35.2 Å². The van der Waals surface area contributed by atoms with E-state index in [1.807, 2.05) is 0 Å². The van der Waals surface area contributed by atoms with E-state index in [0.29, 0.717) is 22.8 Å². The monoisotopic (exact) mass is 377 g/mol. The number of hydrogen-bond acceptors (Lipinski definition) is 3. The molecule has 1 aliphatic carbocycles. The second kappa shape index (κ2) is 6.38. The van der Waals surface area contributed by atoms with Crippen molar-refractivity contribution >= 4 is 26.0 Å². The maximum Gasteiger partial charge on any atom is 0.244 e. The highest BCUT2D eigenvalue weighted by molar-refractivity contribution is 9.09. The van der Waals surface area contributed by atoms with Crippen LogP contribution in [-0.4, -0.2) is 30.1 Å². The minimum absolute atomic E-state index is 0.0509. The fourth-order valence-corrected chi connectivity index (χ4v) is 5.47. The number of aromatic nitrogens is 2. The molecule has 0 radical (unpaired) electrons. The Morgan fingerprint density at radius 1 is 1.29 bits per heavy atom. The van der Waals surface area contributed by atoms with Crippen LogP contribution in [0, 0.1) is 19.3 Å². The number of halogens is 1. The fraction of sp³-hybridized carbons (Fsp3) is 0.786. The van der Waals surface area contributed by atoms with E-state index in [1.165, 1.54) is 19.3 Å². The molecule has 0 saturated heterocycles. The third kappa shape index (κ3) is 3.51. The lowest BCUT2D eigenvalue weighted by atomic mass is 9.76. The molecule has 1 heterocycles. The largest absolute Gasteiger partial charge is 0.271 e. The van der Waals surface area contributed by atoms with Gasteiger partial charge in [0.2, 0.25) is 10.0 Å². The minimum Gasteiger partial charge on any atom is -0.271 e. The van der Waals surface area contributed by atoms with Crippen LogP contribution >= 0.6 is 15.9 Å². The van der Waals surface area contributed by atoms with Gasteiger partial charge in [0, 0.05) is 18.9 Å². The highest BCUT2D eigenvalue weighted by atomic mass is 79.9. The van der Waals surface area contributed by atoms with Gasteiger partial charge < -0.3 is 0 Å². The van der Waals surface area contributed by atoms with Crippen LogP contribution in [0.5, 0.6) is 0 Å². The van der Waals surface area contributed by atoms with Crippen molar-refractivity contribution in [2.45, 2.75) is 50.8 Å². The molecule has 1 fully saturated rings. The quantitative estimate of drug-likeness (QED) is 0.802. The van der Waals surface area contributed by atoms with Crippen molar-refractivity contribution in [1.82, 2.24) is 14.5 Å². The van der Waals surface area contributed by atoms with Gasteiger partial charge in [0.05, 0.1) is 11.4 Å². The van der Waals surface area contributed by atoms with Crippen molar-refractivity contribution in [2.24, 2.45) is 12.5 Å². The summed E-state index contributed by atoms with van der Waals surface area (Å²) in [6.07, 6.45) is 5.76. The van der Waals surface area contributed by atoms with Crippen molar-refractivity contribution in [3.63, 3.8) is 0 Å². The Balaban J connectivity index is 2.18. The van der Waals surface area contributed by atoms with Crippen molar-refractivity contribution in [1.29, 1.82) is 0 Å². The number of aryl methyl sites for hydroxylation is 2. The van der Waals surface area contributed by atoms with Crippen LogP contribution in [0.15, 0.2) is 4.90 Å². The number of hydrogen-bond donors (Lipinski definition) is 1. The average molecular weight is 378 g/mol. The summed E-state index contributed by atoms with van der Waals surface area (Å²) in [5.41, 5.74) is 1.28. The van der Waals surface area contributed by atoms with Gasteiger partial charge in [0.1, 0.15) is 4.90 Å². The summed E-state index contributed by atoms with van der Waals surface area (Å²) in [7, 11) is -1.74. The molecule has 21 heavy (non-hydrogen) atoms. The molecule has 1 aliphatic rings. The Labute approximate surface area is 135 Å². The molecular formula is C14H24BrN3O2S. The summed E-state index contributed by atoms with van der Waals surface area (Å²) >= 11 is 3.57. The molecule has 7 heteroatoms. The molecule has 0 atom stereocenters. The summed E-state index contributed by atoms with van der Waals surface area (Å²) in [5, 5.41) is 5.04. The molecule has 1 aromatic heterocycles. The lowest BCUT2D eigenvalue weighted by Crippen LogP contribution is -2.40. The third-order valence-electron chi connectivity index (χ3n) is 4.55. The highest BCUT2D eigenvalue weighted by Gasteiger charge is 2.33. The molecule has 1 saturated carbocycles. The number of nitrogens with zero attached hydrogens (tertiary/aromatic N) is 2. The Hall–Kier alpha value is -0.400. The molecule has 5 nitrogen and oxygen atoms in total. The SMILES string of the molecule is Cc1nn(C)c(C)c1S(=O)(=O)NCC1(CBr)CCCCC1. The van der Waals surface area contributed by atoms with Crippen LogP contribution < -0.4 is 4.72 Å². The molecule has 2 rings (SSSR count). The lowest BCUT2D eigenvalue weighted by molar-refractivity contribution is 0.227. The van der Waals surface area contributed by atoms with Gasteiger partial charge >= 0.3 is 0 Å². The van der Waals surface area contributed by atoms with E-state index >= 15 is 0 Å². The van der Waals surface area contributed by atoms with Gasteiger partial charge in [-0.15, -0.1) is 0 Å². The molecule has 1 aromatic rings. The Morgan fingerprint density at radius 3 is 2.38 bits per heavy atom. The van der Waals surface area contributed by atoms with Crippen LogP contribution in [0.2, 0.25) is 0 Å². The summed E-state index contributed by atoms with van der Waals surface area (Å²) < 4.78 is 29.7. The maximum atomic E-state index is 12.6. The normalized spacial score (nSPS) is 18.9. The van der Waals surface area contributed by atoms with E-state index in [9.17, 15) is 8.42 Å². The second-order valence-electron chi connectivity index (χ2n) is 6.14. The van der Waals surface area contributed by atoms with Crippen molar-refractivity contribution in [3.8, 4) is 0 Å². The third-order valence-corrected chi connectivity index (χ3v) is 7.39. The molecule has 0 amide bonds. The Kier molecular flexibility index (Phi) is 5.15. The van der Waals surface area contributed by atoms with E-state index in [1.54, 1.807) is 25.6 Å². The van der Waals surface area contributed by atoms with Crippen molar-refractivity contribution < 1.29 is 8.42 Å². The van der Waals surface area contributed by atoms with Gasteiger partial charge in [-0.05, 0) is 32.1 Å². The summed E-state index contributed by atoms with van der Waals surface area (Å²) in [6, 6.07) is 0. The molecule has 0 aromatic carbocycles. The average Bonchev–Trinajstić information content (AvgIpc) is 2.71. The second-order valence-corrected chi connectivity index (χ2v) is 8.41. The number of rotatable bonds is 5. The highest BCUT2D eigenvalue weighted by Crippen LogP contribution is 2.37. The number of nitrogens with one attached hydrogen (secondary N) is 1. The molecule has 120 valence electrons. The fourth-order valence-electron chi connectivity index (χ4n) is 3.12. The zero-order valence-corrected chi connectivity index (χ0v) is 15.3. The van der Waals surface area contributed by atoms with Gasteiger partial charge in [-0.25, -0.2) is 13.1 Å². The van der Waals surface area contributed by atoms with Crippen LogP contribution in [0.25, 0.3) is 0 Å². The summed E-state index contributed by atoms with van der Waals surface area (Å²) in [5.74, 6) is 0. The van der Waals surface area contributed by atoms with Crippen LogP contribution in [0.4, 0.5) is 0 Å².